The van der Waals surface area contributed by atoms with Crippen molar-refractivity contribution in [1.82, 2.24) is 14.8 Å². The van der Waals surface area contributed by atoms with Crippen LogP contribution in [0, 0.1) is 0 Å². The zero-order chi connectivity index (χ0) is 17.8. The van der Waals surface area contributed by atoms with E-state index in [4.69, 9.17) is 9.15 Å². The molecular formula is C17H21N3O5. The molecule has 1 atom stereocenters. The molecule has 0 saturated carbocycles. The monoisotopic (exact) mass is 347 g/mol. The van der Waals surface area contributed by atoms with Crippen molar-refractivity contribution in [2.45, 2.75) is 25.9 Å². The van der Waals surface area contributed by atoms with Gasteiger partial charge < -0.3 is 19.4 Å². The van der Waals surface area contributed by atoms with E-state index in [0.29, 0.717) is 37.4 Å². The average Bonchev–Trinajstić information content (AvgIpc) is 2.95. The summed E-state index contributed by atoms with van der Waals surface area (Å²) in [6, 6.07) is 6.44. The molecule has 2 heterocycles. The van der Waals surface area contributed by atoms with Gasteiger partial charge in [-0.05, 0) is 19.1 Å². The summed E-state index contributed by atoms with van der Waals surface area (Å²) in [5, 5.41) is 2.69. The van der Waals surface area contributed by atoms with Crippen LogP contribution in [-0.4, -0.2) is 53.6 Å². The summed E-state index contributed by atoms with van der Waals surface area (Å²) in [5.74, 6) is -0.902. The molecule has 8 heteroatoms. The van der Waals surface area contributed by atoms with Crippen LogP contribution in [0.1, 0.15) is 13.3 Å². The van der Waals surface area contributed by atoms with Crippen molar-refractivity contribution in [3.05, 3.63) is 34.8 Å². The van der Waals surface area contributed by atoms with E-state index < -0.39 is 11.8 Å². The molecule has 0 radical (unpaired) electrons. The molecule has 1 aliphatic rings. The van der Waals surface area contributed by atoms with Gasteiger partial charge in [0.25, 0.3) is 0 Å². The van der Waals surface area contributed by atoms with Crippen molar-refractivity contribution in [2.75, 3.05) is 26.3 Å². The second kappa shape index (κ2) is 7.52. The number of amides is 2. The van der Waals surface area contributed by atoms with Crippen LogP contribution < -0.4 is 11.1 Å². The molecule has 1 fully saturated rings. The Morgan fingerprint density at radius 2 is 1.96 bits per heavy atom. The molecule has 0 spiro atoms. The van der Waals surface area contributed by atoms with E-state index in [1.807, 2.05) is 0 Å². The predicted octanol–water partition coefficient (Wildman–Crippen LogP) is 0.348. The Hall–Kier alpha value is -2.61. The number of benzene rings is 1. The number of hydrogen-bond donors (Lipinski definition) is 1. The fraction of sp³-hybridized carbons (Fsp3) is 0.471. The molecule has 0 aliphatic carbocycles. The van der Waals surface area contributed by atoms with Gasteiger partial charge in [0.1, 0.15) is 6.04 Å². The molecular weight excluding hydrogens is 326 g/mol. The number of hydrogen-bond acceptors (Lipinski definition) is 5. The number of ether oxygens (including phenoxy) is 1. The Morgan fingerprint density at radius 1 is 1.24 bits per heavy atom. The van der Waals surface area contributed by atoms with Crippen LogP contribution >= 0.6 is 0 Å². The van der Waals surface area contributed by atoms with Gasteiger partial charge >= 0.3 is 5.76 Å². The number of nitrogens with zero attached hydrogens (tertiary/aromatic N) is 2. The van der Waals surface area contributed by atoms with Crippen LogP contribution in [0.5, 0.6) is 0 Å². The smallest absolute Gasteiger partial charge is 0.408 e. The number of carbonyl (C=O) groups is 2. The van der Waals surface area contributed by atoms with E-state index in [2.05, 4.69) is 5.32 Å². The molecule has 3 rings (SSSR count). The van der Waals surface area contributed by atoms with Crippen LogP contribution in [0.15, 0.2) is 33.5 Å². The third kappa shape index (κ3) is 3.90. The molecule has 25 heavy (non-hydrogen) atoms. The zero-order valence-corrected chi connectivity index (χ0v) is 14.1. The van der Waals surface area contributed by atoms with Crippen molar-refractivity contribution in [3.8, 4) is 0 Å². The number of oxazole rings is 1. The number of carbonyl (C=O) groups excluding carboxylic acids is 2. The fourth-order valence-electron chi connectivity index (χ4n) is 2.87. The van der Waals surface area contributed by atoms with E-state index in [-0.39, 0.29) is 24.8 Å². The van der Waals surface area contributed by atoms with Gasteiger partial charge in [0, 0.05) is 26.1 Å². The lowest BCUT2D eigenvalue weighted by molar-refractivity contribution is -0.139. The first-order valence-corrected chi connectivity index (χ1v) is 8.30. The Bertz CT molecular complexity index is 819. The van der Waals surface area contributed by atoms with Gasteiger partial charge in [0.05, 0.1) is 18.7 Å². The number of fused-ring (bicyclic) bond motifs is 1. The number of rotatable bonds is 5. The van der Waals surface area contributed by atoms with Gasteiger partial charge in [-0.3, -0.25) is 14.2 Å². The Balaban J connectivity index is 1.56. The summed E-state index contributed by atoms with van der Waals surface area (Å²) in [6.45, 7) is 3.96. The minimum absolute atomic E-state index is 0.0875. The first-order chi connectivity index (χ1) is 12.1. The summed E-state index contributed by atoms with van der Waals surface area (Å²) in [4.78, 5) is 38.0. The Kier molecular flexibility index (Phi) is 5.18. The lowest BCUT2D eigenvalue weighted by Crippen LogP contribution is -2.50. The van der Waals surface area contributed by atoms with Gasteiger partial charge in [-0.25, -0.2) is 4.79 Å². The summed E-state index contributed by atoms with van der Waals surface area (Å²) >= 11 is 0. The second-order valence-electron chi connectivity index (χ2n) is 5.96. The van der Waals surface area contributed by atoms with Gasteiger partial charge in [-0.1, -0.05) is 12.1 Å². The van der Waals surface area contributed by atoms with Gasteiger partial charge in [0.15, 0.2) is 5.58 Å². The molecule has 2 amide bonds. The Morgan fingerprint density at radius 3 is 2.72 bits per heavy atom. The molecule has 1 aromatic carbocycles. The van der Waals surface area contributed by atoms with E-state index >= 15 is 0 Å². The molecule has 1 aliphatic heterocycles. The lowest BCUT2D eigenvalue weighted by Gasteiger charge is -2.29. The average molecular weight is 347 g/mol. The first kappa shape index (κ1) is 17.2. The third-order valence-corrected chi connectivity index (χ3v) is 4.21. The van der Waals surface area contributed by atoms with E-state index in [0.717, 1.165) is 0 Å². The zero-order valence-electron chi connectivity index (χ0n) is 14.1. The quantitative estimate of drug-likeness (QED) is 0.842. The van der Waals surface area contributed by atoms with Gasteiger partial charge in [0.2, 0.25) is 11.8 Å². The number of aryl methyl sites for hydroxylation is 1. The topological polar surface area (TPSA) is 93.8 Å². The maximum absolute atomic E-state index is 12.3. The van der Waals surface area contributed by atoms with Crippen LogP contribution in [0.4, 0.5) is 0 Å². The minimum atomic E-state index is -0.608. The lowest BCUT2D eigenvalue weighted by atomic mass is 10.2. The highest BCUT2D eigenvalue weighted by Gasteiger charge is 2.23. The molecule has 1 saturated heterocycles. The standard InChI is InChI=1S/C17H21N3O5/c1-12(16(22)19-8-10-24-11-9-19)18-15(21)6-7-20-13-4-2-3-5-14(13)25-17(20)23/h2-5,12H,6-11H2,1H3,(H,18,21). The highest BCUT2D eigenvalue weighted by molar-refractivity contribution is 5.87. The van der Waals surface area contributed by atoms with Crippen molar-refractivity contribution < 1.29 is 18.7 Å². The summed E-state index contributed by atoms with van der Waals surface area (Å²) in [5.41, 5.74) is 1.14. The molecule has 2 aromatic rings. The largest absolute Gasteiger partial charge is 0.419 e. The van der Waals surface area contributed by atoms with Gasteiger partial charge in [-0.15, -0.1) is 0 Å². The normalized spacial score (nSPS) is 16.0. The Labute approximate surface area is 144 Å². The second-order valence-corrected chi connectivity index (χ2v) is 5.96. The molecule has 1 unspecified atom stereocenters. The highest BCUT2D eigenvalue weighted by atomic mass is 16.5. The van der Waals surface area contributed by atoms with Crippen molar-refractivity contribution in [2.24, 2.45) is 0 Å². The number of morpholine rings is 1. The number of para-hydroxylation sites is 2. The van der Waals surface area contributed by atoms with Crippen LogP contribution in [0.25, 0.3) is 11.1 Å². The van der Waals surface area contributed by atoms with Crippen LogP contribution in [-0.2, 0) is 20.9 Å². The van der Waals surface area contributed by atoms with E-state index in [9.17, 15) is 14.4 Å². The van der Waals surface area contributed by atoms with Crippen molar-refractivity contribution in [3.63, 3.8) is 0 Å². The number of aromatic nitrogens is 1. The fourth-order valence-corrected chi connectivity index (χ4v) is 2.87. The van der Waals surface area contributed by atoms with E-state index in [1.54, 1.807) is 36.1 Å². The number of nitrogens with one attached hydrogen (secondary N) is 1. The summed E-state index contributed by atoms with van der Waals surface area (Å²) < 4.78 is 11.8. The molecule has 1 N–H and O–H groups in total. The predicted molar refractivity (Wildman–Crippen MR) is 90.1 cm³/mol. The van der Waals surface area contributed by atoms with Crippen LogP contribution in [0.2, 0.25) is 0 Å². The molecule has 0 bridgehead atoms. The van der Waals surface area contributed by atoms with Crippen molar-refractivity contribution >= 4 is 22.9 Å². The minimum Gasteiger partial charge on any atom is -0.408 e. The van der Waals surface area contributed by atoms with Crippen molar-refractivity contribution in [1.29, 1.82) is 0 Å². The highest BCUT2D eigenvalue weighted by Crippen LogP contribution is 2.12. The third-order valence-electron chi connectivity index (χ3n) is 4.21. The summed E-state index contributed by atoms with van der Waals surface area (Å²) in [6.07, 6.45) is 0.0875. The maximum atomic E-state index is 12.3. The van der Waals surface area contributed by atoms with Crippen LogP contribution in [0.3, 0.4) is 0 Å². The maximum Gasteiger partial charge on any atom is 0.419 e. The van der Waals surface area contributed by atoms with E-state index in [1.165, 1.54) is 4.57 Å². The van der Waals surface area contributed by atoms with Gasteiger partial charge in [-0.2, -0.15) is 0 Å². The summed E-state index contributed by atoms with van der Waals surface area (Å²) in [7, 11) is 0. The molecule has 1 aromatic heterocycles. The molecule has 8 nitrogen and oxygen atoms in total. The molecule has 134 valence electrons. The first-order valence-electron chi connectivity index (χ1n) is 8.30. The SMILES string of the molecule is CC(NC(=O)CCn1c(=O)oc2ccccc21)C(=O)N1CCOCC1.